The third kappa shape index (κ3) is 2.76. The topological polar surface area (TPSA) is 26.0 Å². The summed E-state index contributed by atoms with van der Waals surface area (Å²) in [5, 5.41) is 1.81. The Morgan fingerprint density at radius 2 is 1.82 bits per heavy atom. The second-order valence-corrected chi connectivity index (χ2v) is 6.59. The van der Waals surface area contributed by atoms with Crippen LogP contribution >= 0.6 is 43.2 Å². The van der Waals surface area contributed by atoms with Gasteiger partial charge in [0.05, 0.1) is 14.3 Å². The third-order valence-electron chi connectivity index (χ3n) is 2.32. The van der Waals surface area contributed by atoms with Crippen LogP contribution in [0.4, 0.5) is 8.78 Å². The first-order valence-electron chi connectivity index (χ1n) is 4.63. The summed E-state index contributed by atoms with van der Waals surface area (Å²) in [5.74, 6) is -1.04. The highest BCUT2D eigenvalue weighted by atomic mass is 79.9. The first kappa shape index (κ1) is 13.1. The summed E-state index contributed by atoms with van der Waals surface area (Å²) < 4.78 is 28.1. The van der Waals surface area contributed by atoms with Gasteiger partial charge in [-0.15, -0.1) is 11.3 Å². The zero-order valence-corrected chi connectivity index (χ0v) is 12.4. The van der Waals surface area contributed by atoms with Crippen LogP contribution in [0.3, 0.4) is 0 Å². The fourth-order valence-corrected chi connectivity index (χ4v) is 2.97. The van der Waals surface area contributed by atoms with Gasteiger partial charge in [-0.3, -0.25) is 0 Å². The molecule has 0 aliphatic heterocycles. The van der Waals surface area contributed by atoms with E-state index in [9.17, 15) is 8.78 Å². The molecule has 1 heterocycles. The maximum Gasteiger partial charge on any atom is 0.137 e. The number of hydrogen-bond acceptors (Lipinski definition) is 2. The maximum absolute atomic E-state index is 13.7. The summed E-state index contributed by atoms with van der Waals surface area (Å²) in [7, 11) is 0. The Balaban J connectivity index is 2.43. The molecule has 2 rings (SSSR count). The number of halogens is 4. The molecule has 1 atom stereocenters. The Labute approximate surface area is 118 Å². The van der Waals surface area contributed by atoms with Gasteiger partial charge < -0.3 is 5.73 Å². The lowest BCUT2D eigenvalue weighted by atomic mass is 10.0. The first-order valence-corrected chi connectivity index (χ1v) is 7.09. The van der Waals surface area contributed by atoms with Gasteiger partial charge in [0.15, 0.2) is 0 Å². The summed E-state index contributed by atoms with van der Waals surface area (Å²) >= 11 is 7.69. The van der Waals surface area contributed by atoms with Gasteiger partial charge in [-0.2, -0.15) is 0 Å². The van der Waals surface area contributed by atoms with Gasteiger partial charge in [-0.25, -0.2) is 8.78 Å². The van der Waals surface area contributed by atoms with Crippen LogP contribution in [-0.4, -0.2) is 0 Å². The standard InChI is InChI=1S/C11H7Br2F2NS/c12-7-3-8(14)6(2-9(7)15)11(16)5-1-10(13)17-4-5/h1-4,11H,16H2. The highest BCUT2D eigenvalue weighted by Gasteiger charge is 2.17. The van der Waals surface area contributed by atoms with Crippen molar-refractivity contribution < 1.29 is 8.78 Å². The van der Waals surface area contributed by atoms with Crippen molar-refractivity contribution in [3.8, 4) is 0 Å². The van der Waals surface area contributed by atoms with E-state index in [0.717, 1.165) is 21.5 Å². The van der Waals surface area contributed by atoms with Gasteiger partial charge in [0, 0.05) is 5.56 Å². The molecule has 1 nitrogen and oxygen atoms in total. The van der Waals surface area contributed by atoms with Gasteiger partial charge in [-0.1, -0.05) is 0 Å². The number of thiophene rings is 1. The Morgan fingerprint density at radius 1 is 1.12 bits per heavy atom. The average molecular weight is 383 g/mol. The van der Waals surface area contributed by atoms with E-state index in [1.807, 2.05) is 5.38 Å². The first-order chi connectivity index (χ1) is 7.99. The van der Waals surface area contributed by atoms with Crippen molar-refractivity contribution in [3.05, 3.63) is 54.6 Å². The minimum Gasteiger partial charge on any atom is -0.320 e. The van der Waals surface area contributed by atoms with Crippen molar-refractivity contribution in [2.45, 2.75) is 6.04 Å². The molecule has 90 valence electrons. The molecule has 0 aliphatic carbocycles. The van der Waals surface area contributed by atoms with Crippen molar-refractivity contribution in [2.24, 2.45) is 5.73 Å². The van der Waals surface area contributed by atoms with E-state index >= 15 is 0 Å². The molecular formula is C11H7Br2F2NS. The van der Waals surface area contributed by atoms with Crippen molar-refractivity contribution >= 4 is 43.2 Å². The van der Waals surface area contributed by atoms with Gasteiger partial charge in [-0.05, 0) is 61.0 Å². The van der Waals surface area contributed by atoms with Crippen LogP contribution in [-0.2, 0) is 0 Å². The average Bonchev–Trinajstić information content (AvgIpc) is 2.69. The normalized spacial score (nSPS) is 12.8. The summed E-state index contributed by atoms with van der Waals surface area (Å²) in [6.45, 7) is 0. The van der Waals surface area contributed by atoms with Crippen LogP contribution in [0.1, 0.15) is 17.2 Å². The maximum atomic E-state index is 13.7. The van der Waals surface area contributed by atoms with Crippen molar-refractivity contribution in [1.29, 1.82) is 0 Å². The fraction of sp³-hybridized carbons (Fsp3) is 0.0909. The van der Waals surface area contributed by atoms with E-state index in [0.29, 0.717) is 0 Å². The Kier molecular flexibility index (Phi) is 3.97. The molecule has 0 bridgehead atoms. The molecule has 0 spiro atoms. The van der Waals surface area contributed by atoms with E-state index in [1.165, 1.54) is 11.3 Å². The van der Waals surface area contributed by atoms with Crippen LogP contribution in [0.25, 0.3) is 0 Å². The van der Waals surface area contributed by atoms with Crippen LogP contribution in [0.2, 0.25) is 0 Å². The highest BCUT2D eigenvalue weighted by Crippen LogP contribution is 2.30. The van der Waals surface area contributed by atoms with E-state index < -0.39 is 17.7 Å². The van der Waals surface area contributed by atoms with Crippen molar-refractivity contribution in [2.75, 3.05) is 0 Å². The summed E-state index contributed by atoms with van der Waals surface area (Å²) in [6.07, 6.45) is 0. The Hall–Kier alpha value is -0.300. The molecule has 0 saturated heterocycles. The van der Waals surface area contributed by atoms with Crippen molar-refractivity contribution in [3.63, 3.8) is 0 Å². The number of hydrogen-bond donors (Lipinski definition) is 1. The van der Waals surface area contributed by atoms with Gasteiger partial charge in [0.25, 0.3) is 0 Å². The second kappa shape index (κ2) is 5.14. The van der Waals surface area contributed by atoms with Gasteiger partial charge in [0.1, 0.15) is 11.6 Å². The van der Waals surface area contributed by atoms with Gasteiger partial charge >= 0.3 is 0 Å². The lowest BCUT2D eigenvalue weighted by Gasteiger charge is -2.12. The largest absolute Gasteiger partial charge is 0.320 e. The minimum atomic E-state index is -0.667. The molecular weight excluding hydrogens is 376 g/mol. The Bertz CT molecular complexity index is 556. The summed E-state index contributed by atoms with van der Waals surface area (Å²) in [5.41, 5.74) is 6.81. The predicted octanol–water partition coefficient (Wildman–Crippen LogP) is 4.60. The SMILES string of the molecule is NC(c1csc(Br)c1)c1cc(F)c(Br)cc1F. The smallest absolute Gasteiger partial charge is 0.137 e. The zero-order valence-electron chi connectivity index (χ0n) is 8.38. The number of nitrogens with two attached hydrogens (primary N) is 1. The predicted molar refractivity (Wildman–Crippen MR) is 72.1 cm³/mol. The van der Waals surface area contributed by atoms with Crippen LogP contribution in [0, 0.1) is 11.6 Å². The zero-order chi connectivity index (χ0) is 12.6. The molecule has 0 aliphatic rings. The van der Waals surface area contributed by atoms with Crippen LogP contribution < -0.4 is 5.73 Å². The molecule has 1 unspecified atom stereocenters. The summed E-state index contributed by atoms with van der Waals surface area (Å²) in [4.78, 5) is 0. The molecule has 1 aromatic carbocycles. The molecule has 2 N–H and O–H groups in total. The molecule has 1 aromatic heterocycles. The lowest BCUT2D eigenvalue weighted by molar-refractivity contribution is 0.572. The summed E-state index contributed by atoms with van der Waals surface area (Å²) in [6, 6.07) is 3.34. The Morgan fingerprint density at radius 3 is 2.41 bits per heavy atom. The molecule has 2 aromatic rings. The highest BCUT2D eigenvalue weighted by molar-refractivity contribution is 9.11. The van der Waals surface area contributed by atoms with E-state index in [2.05, 4.69) is 31.9 Å². The van der Waals surface area contributed by atoms with Crippen LogP contribution in [0.5, 0.6) is 0 Å². The molecule has 0 radical (unpaired) electrons. The molecule has 0 amide bonds. The van der Waals surface area contributed by atoms with E-state index in [4.69, 9.17) is 5.73 Å². The van der Waals surface area contributed by atoms with Crippen molar-refractivity contribution in [1.82, 2.24) is 0 Å². The molecule has 17 heavy (non-hydrogen) atoms. The molecule has 6 heteroatoms. The molecule has 0 fully saturated rings. The second-order valence-electron chi connectivity index (χ2n) is 3.45. The van der Waals surface area contributed by atoms with Crippen LogP contribution in [0.15, 0.2) is 31.8 Å². The van der Waals surface area contributed by atoms with Gasteiger partial charge in [0.2, 0.25) is 0 Å². The third-order valence-corrected chi connectivity index (χ3v) is 4.45. The van der Waals surface area contributed by atoms with E-state index in [1.54, 1.807) is 6.07 Å². The minimum absolute atomic E-state index is 0.0949. The monoisotopic (exact) mass is 381 g/mol. The number of benzene rings is 1. The molecule has 0 saturated carbocycles. The van der Waals surface area contributed by atoms with E-state index in [-0.39, 0.29) is 10.0 Å². The quantitative estimate of drug-likeness (QED) is 0.754. The lowest BCUT2D eigenvalue weighted by Crippen LogP contribution is -2.13. The number of rotatable bonds is 2. The fourth-order valence-electron chi connectivity index (χ4n) is 1.44.